The van der Waals surface area contributed by atoms with Gasteiger partial charge in [-0.1, -0.05) is 18.2 Å². The summed E-state index contributed by atoms with van der Waals surface area (Å²) in [6.07, 6.45) is 0. The zero-order valence-electron chi connectivity index (χ0n) is 8.11. The van der Waals surface area contributed by atoms with Crippen LogP contribution in [0.25, 0.3) is 11.1 Å². The Bertz CT molecular complexity index is 539. The quantitative estimate of drug-likeness (QED) is 0.662. The average molecular weight is 438 g/mol. The molecule has 0 heterocycles. The van der Waals surface area contributed by atoms with E-state index >= 15 is 0 Å². The van der Waals surface area contributed by atoms with Crippen molar-refractivity contribution in [1.82, 2.24) is 0 Å². The van der Waals surface area contributed by atoms with E-state index in [1.165, 1.54) is 0 Å². The van der Waals surface area contributed by atoms with Crippen molar-refractivity contribution in [2.75, 3.05) is 0 Å². The Morgan fingerprint density at radius 1 is 0.812 bits per heavy atom. The summed E-state index contributed by atoms with van der Waals surface area (Å²) in [7, 11) is 0. The van der Waals surface area contributed by atoms with Gasteiger partial charge in [-0.05, 0) is 63.4 Å². The number of para-hydroxylation sites is 1. The highest BCUT2D eigenvalue weighted by Crippen LogP contribution is 2.39. The molecule has 82 valence electrons. The second-order valence-electron chi connectivity index (χ2n) is 3.27. The lowest BCUT2D eigenvalue weighted by Crippen LogP contribution is -1.88. The molecule has 4 heteroatoms. The van der Waals surface area contributed by atoms with Crippen molar-refractivity contribution >= 4 is 45.2 Å². The van der Waals surface area contributed by atoms with Crippen molar-refractivity contribution < 1.29 is 10.2 Å². The van der Waals surface area contributed by atoms with Crippen LogP contribution < -0.4 is 0 Å². The first-order chi connectivity index (χ1) is 7.61. The summed E-state index contributed by atoms with van der Waals surface area (Å²) < 4.78 is 1.99. The lowest BCUT2D eigenvalue weighted by Gasteiger charge is -2.10. The van der Waals surface area contributed by atoms with Crippen LogP contribution in [0.5, 0.6) is 11.5 Å². The molecule has 0 amide bonds. The maximum atomic E-state index is 9.87. The Morgan fingerprint density at radius 2 is 1.50 bits per heavy atom. The van der Waals surface area contributed by atoms with E-state index in [-0.39, 0.29) is 11.5 Å². The van der Waals surface area contributed by atoms with E-state index in [4.69, 9.17) is 0 Å². The SMILES string of the molecule is Oc1ccccc1-c1c(O)ccc(I)c1I. The first-order valence-corrected chi connectivity index (χ1v) is 6.72. The Labute approximate surface area is 121 Å². The summed E-state index contributed by atoms with van der Waals surface area (Å²) in [6, 6.07) is 10.5. The fourth-order valence-electron chi connectivity index (χ4n) is 1.48. The van der Waals surface area contributed by atoms with E-state index in [1.807, 2.05) is 12.1 Å². The topological polar surface area (TPSA) is 40.5 Å². The minimum Gasteiger partial charge on any atom is -0.507 e. The van der Waals surface area contributed by atoms with Gasteiger partial charge in [0.05, 0.1) is 0 Å². The second kappa shape index (κ2) is 4.79. The third-order valence-corrected chi connectivity index (χ3v) is 5.30. The predicted molar refractivity (Wildman–Crippen MR) is 80.6 cm³/mol. The van der Waals surface area contributed by atoms with Gasteiger partial charge in [0, 0.05) is 18.3 Å². The number of phenols is 2. The van der Waals surface area contributed by atoms with Crippen LogP contribution >= 0.6 is 45.2 Å². The molecule has 0 spiro atoms. The van der Waals surface area contributed by atoms with Crippen LogP contribution in [0.1, 0.15) is 0 Å². The normalized spacial score (nSPS) is 10.4. The van der Waals surface area contributed by atoms with Crippen molar-refractivity contribution in [3.05, 3.63) is 43.5 Å². The van der Waals surface area contributed by atoms with Gasteiger partial charge in [-0.25, -0.2) is 0 Å². The molecule has 0 saturated carbocycles. The molecule has 0 fully saturated rings. The third-order valence-electron chi connectivity index (χ3n) is 2.25. The van der Waals surface area contributed by atoms with Crippen LogP contribution in [0.4, 0.5) is 0 Å². The molecular formula is C12H8I2O2. The number of aromatic hydroxyl groups is 2. The van der Waals surface area contributed by atoms with Crippen LogP contribution in [0.2, 0.25) is 0 Å². The van der Waals surface area contributed by atoms with Gasteiger partial charge in [-0.3, -0.25) is 0 Å². The lowest BCUT2D eigenvalue weighted by atomic mass is 10.0. The van der Waals surface area contributed by atoms with E-state index in [9.17, 15) is 10.2 Å². The molecule has 0 aliphatic carbocycles. The zero-order valence-corrected chi connectivity index (χ0v) is 12.4. The maximum absolute atomic E-state index is 9.87. The zero-order chi connectivity index (χ0) is 11.7. The van der Waals surface area contributed by atoms with Gasteiger partial charge in [-0.2, -0.15) is 0 Å². The third kappa shape index (κ3) is 2.13. The lowest BCUT2D eigenvalue weighted by molar-refractivity contribution is 0.468. The van der Waals surface area contributed by atoms with Crippen LogP contribution in [0.3, 0.4) is 0 Å². The van der Waals surface area contributed by atoms with Crippen LogP contribution in [0.15, 0.2) is 36.4 Å². The molecule has 0 radical (unpaired) electrons. The highest BCUT2D eigenvalue weighted by Gasteiger charge is 2.14. The largest absolute Gasteiger partial charge is 0.507 e. The summed E-state index contributed by atoms with van der Waals surface area (Å²) in [5.74, 6) is 0.365. The Kier molecular flexibility index (Phi) is 3.58. The van der Waals surface area contributed by atoms with Gasteiger partial charge < -0.3 is 10.2 Å². The number of hydrogen-bond donors (Lipinski definition) is 2. The smallest absolute Gasteiger partial charge is 0.124 e. The summed E-state index contributed by atoms with van der Waals surface area (Å²) in [5.41, 5.74) is 1.34. The molecule has 16 heavy (non-hydrogen) atoms. The van der Waals surface area contributed by atoms with E-state index in [0.717, 1.165) is 7.14 Å². The van der Waals surface area contributed by atoms with Crippen molar-refractivity contribution in [2.45, 2.75) is 0 Å². The summed E-state index contributed by atoms with van der Waals surface area (Å²) in [6.45, 7) is 0. The molecule has 0 saturated heterocycles. The van der Waals surface area contributed by atoms with Gasteiger partial charge in [0.1, 0.15) is 11.5 Å². The molecule has 2 N–H and O–H groups in total. The molecule has 0 aromatic heterocycles. The molecule has 2 aromatic rings. The van der Waals surface area contributed by atoms with Crippen molar-refractivity contribution in [2.24, 2.45) is 0 Å². The molecular weight excluding hydrogens is 430 g/mol. The number of rotatable bonds is 1. The van der Waals surface area contributed by atoms with Crippen LogP contribution in [0, 0.1) is 7.14 Å². The number of hydrogen-bond acceptors (Lipinski definition) is 2. The Hall–Kier alpha value is -0.500. The minimum atomic E-state index is 0.178. The Balaban J connectivity index is 2.74. The molecule has 0 atom stereocenters. The van der Waals surface area contributed by atoms with Crippen molar-refractivity contribution in [3.8, 4) is 22.6 Å². The van der Waals surface area contributed by atoms with E-state index in [0.29, 0.717) is 11.1 Å². The molecule has 2 nitrogen and oxygen atoms in total. The predicted octanol–water partition coefficient (Wildman–Crippen LogP) is 3.97. The average Bonchev–Trinajstić information content (AvgIpc) is 2.27. The number of phenolic OH excluding ortho intramolecular Hbond substituents is 2. The fourth-order valence-corrected chi connectivity index (χ4v) is 2.68. The highest BCUT2D eigenvalue weighted by molar-refractivity contribution is 14.1. The monoisotopic (exact) mass is 438 g/mol. The van der Waals surface area contributed by atoms with E-state index in [2.05, 4.69) is 45.2 Å². The van der Waals surface area contributed by atoms with Gasteiger partial charge in [-0.15, -0.1) is 0 Å². The summed E-state index contributed by atoms with van der Waals surface area (Å²) in [4.78, 5) is 0. The fraction of sp³-hybridized carbons (Fsp3) is 0. The van der Waals surface area contributed by atoms with Crippen LogP contribution in [-0.4, -0.2) is 10.2 Å². The molecule has 0 aliphatic heterocycles. The number of benzene rings is 2. The van der Waals surface area contributed by atoms with E-state index < -0.39 is 0 Å². The molecule has 2 aromatic carbocycles. The first-order valence-electron chi connectivity index (χ1n) is 4.56. The number of halogens is 2. The molecule has 2 rings (SSSR count). The van der Waals surface area contributed by atoms with Crippen LogP contribution in [-0.2, 0) is 0 Å². The van der Waals surface area contributed by atoms with Gasteiger partial charge in [0.25, 0.3) is 0 Å². The first kappa shape index (κ1) is 12.0. The minimum absolute atomic E-state index is 0.178. The second-order valence-corrected chi connectivity index (χ2v) is 5.51. The summed E-state index contributed by atoms with van der Waals surface area (Å²) >= 11 is 4.38. The Morgan fingerprint density at radius 3 is 2.19 bits per heavy atom. The highest BCUT2D eigenvalue weighted by atomic mass is 127. The van der Waals surface area contributed by atoms with Gasteiger partial charge in [0.2, 0.25) is 0 Å². The molecule has 0 aliphatic rings. The van der Waals surface area contributed by atoms with Crippen molar-refractivity contribution in [3.63, 3.8) is 0 Å². The standard InChI is InChI=1S/C12H8I2O2/c13-8-5-6-10(16)11(12(8)14)7-3-1-2-4-9(7)15/h1-6,15-16H. The maximum Gasteiger partial charge on any atom is 0.124 e. The molecule has 0 bridgehead atoms. The van der Waals surface area contributed by atoms with E-state index in [1.54, 1.807) is 24.3 Å². The summed E-state index contributed by atoms with van der Waals surface area (Å²) in [5, 5.41) is 19.7. The van der Waals surface area contributed by atoms with Gasteiger partial charge in [0.15, 0.2) is 0 Å². The molecule has 0 unspecified atom stereocenters. The van der Waals surface area contributed by atoms with Crippen molar-refractivity contribution in [1.29, 1.82) is 0 Å². The van der Waals surface area contributed by atoms with Gasteiger partial charge >= 0.3 is 0 Å².